The summed E-state index contributed by atoms with van der Waals surface area (Å²) in [6.45, 7) is 5.70. The van der Waals surface area contributed by atoms with Gasteiger partial charge >= 0.3 is 6.09 Å². The molecule has 1 fully saturated rings. The van der Waals surface area contributed by atoms with Gasteiger partial charge in [0, 0.05) is 31.9 Å². The Morgan fingerprint density at radius 1 is 1.12 bits per heavy atom. The first-order valence-corrected chi connectivity index (χ1v) is 8.54. The summed E-state index contributed by atoms with van der Waals surface area (Å²) in [5, 5.41) is 0. The maximum absolute atomic E-state index is 11.8. The van der Waals surface area contributed by atoms with Crippen molar-refractivity contribution in [3.63, 3.8) is 0 Å². The highest BCUT2D eigenvalue weighted by Crippen LogP contribution is 2.38. The van der Waals surface area contributed by atoms with Crippen LogP contribution in [0, 0.1) is 0 Å². The third-order valence-electron chi connectivity index (χ3n) is 4.82. The lowest BCUT2D eigenvalue weighted by molar-refractivity contribution is 0.0863. The molecular weight excluding hydrogens is 308 g/mol. The van der Waals surface area contributed by atoms with Gasteiger partial charge in [-0.2, -0.15) is 0 Å². The number of benzene rings is 1. The standard InChI is InChI=1S/C18H22N2O4/c1-2-22-18(21)20-7-5-19(6-8-20)15-4-3-13-10-16-17(24-12-23-16)11-14(13)9-15/h9-11H,2-8,12H2,1H3. The predicted octanol–water partition coefficient (Wildman–Crippen LogP) is 2.48. The second-order valence-electron chi connectivity index (χ2n) is 6.21. The van der Waals surface area contributed by atoms with Crippen molar-refractivity contribution in [3.8, 4) is 11.5 Å². The molecule has 0 saturated carbocycles. The van der Waals surface area contributed by atoms with E-state index in [9.17, 15) is 4.79 Å². The van der Waals surface area contributed by atoms with Crippen molar-refractivity contribution in [3.05, 3.63) is 29.0 Å². The molecule has 128 valence electrons. The molecule has 0 atom stereocenters. The van der Waals surface area contributed by atoms with Gasteiger partial charge in [-0.05, 0) is 49.1 Å². The van der Waals surface area contributed by atoms with Crippen LogP contribution in [0.2, 0.25) is 0 Å². The van der Waals surface area contributed by atoms with E-state index in [1.165, 1.54) is 16.8 Å². The SMILES string of the molecule is CCOC(=O)N1CCN(C2=Cc3cc4c(cc3CC2)OCO4)CC1. The number of nitrogens with zero attached hydrogens (tertiary/aromatic N) is 2. The lowest BCUT2D eigenvalue weighted by Crippen LogP contribution is -2.48. The van der Waals surface area contributed by atoms with Crippen LogP contribution in [0.25, 0.3) is 6.08 Å². The number of rotatable bonds is 2. The van der Waals surface area contributed by atoms with Crippen LogP contribution in [0.5, 0.6) is 11.5 Å². The fourth-order valence-electron chi connectivity index (χ4n) is 3.51. The molecule has 1 aromatic carbocycles. The van der Waals surface area contributed by atoms with Crippen LogP contribution < -0.4 is 9.47 Å². The average Bonchev–Trinajstić information content (AvgIpc) is 3.07. The Labute approximate surface area is 141 Å². The van der Waals surface area contributed by atoms with Gasteiger partial charge in [0.15, 0.2) is 11.5 Å². The number of fused-ring (bicyclic) bond motifs is 2. The molecule has 0 N–H and O–H groups in total. The Balaban J connectivity index is 1.45. The average molecular weight is 330 g/mol. The van der Waals surface area contributed by atoms with E-state index in [4.69, 9.17) is 14.2 Å². The summed E-state index contributed by atoms with van der Waals surface area (Å²) >= 11 is 0. The summed E-state index contributed by atoms with van der Waals surface area (Å²) in [5.41, 5.74) is 3.87. The minimum atomic E-state index is -0.201. The molecule has 1 saturated heterocycles. The number of aryl methyl sites for hydroxylation is 1. The number of hydrogen-bond donors (Lipinski definition) is 0. The second-order valence-corrected chi connectivity index (χ2v) is 6.21. The van der Waals surface area contributed by atoms with E-state index in [-0.39, 0.29) is 6.09 Å². The van der Waals surface area contributed by atoms with Gasteiger partial charge in [0.05, 0.1) is 6.61 Å². The van der Waals surface area contributed by atoms with Gasteiger partial charge in [0.25, 0.3) is 0 Å². The maximum atomic E-state index is 11.8. The van der Waals surface area contributed by atoms with Crippen molar-refractivity contribution in [2.75, 3.05) is 39.6 Å². The van der Waals surface area contributed by atoms with E-state index in [0.717, 1.165) is 37.4 Å². The van der Waals surface area contributed by atoms with Crippen molar-refractivity contribution < 1.29 is 19.0 Å². The number of hydrogen-bond acceptors (Lipinski definition) is 5. The largest absolute Gasteiger partial charge is 0.454 e. The Bertz CT molecular complexity index is 678. The second kappa shape index (κ2) is 6.26. The highest BCUT2D eigenvalue weighted by molar-refractivity contribution is 5.68. The minimum absolute atomic E-state index is 0.201. The summed E-state index contributed by atoms with van der Waals surface area (Å²) < 4.78 is 16.0. The molecule has 4 rings (SSSR count). The quantitative estimate of drug-likeness (QED) is 0.834. The number of piperazine rings is 1. The number of allylic oxidation sites excluding steroid dienone is 1. The molecule has 1 amide bonds. The fraction of sp³-hybridized carbons (Fsp3) is 0.500. The first-order valence-electron chi connectivity index (χ1n) is 8.54. The summed E-state index contributed by atoms with van der Waals surface area (Å²) in [6.07, 6.45) is 4.08. The van der Waals surface area contributed by atoms with Crippen molar-refractivity contribution >= 4 is 12.2 Å². The molecule has 24 heavy (non-hydrogen) atoms. The number of carbonyl (C=O) groups excluding carboxylic acids is 1. The Kier molecular flexibility index (Phi) is 3.96. The van der Waals surface area contributed by atoms with Gasteiger partial charge in [0.1, 0.15) is 0 Å². The van der Waals surface area contributed by atoms with Crippen molar-refractivity contribution in [2.24, 2.45) is 0 Å². The highest BCUT2D eigenvalue weighted by atomic mass is 16.7. The molecule has 6 nitrogen and oxygen atoms in total. The van der Waals surface area contributed by atoms with Gasteiger partial charge in [-0.15, -0.1) is 0 Å². The van der Waals surface area contributed by atoms with Gasteiger partial charge < -0.3 is 24.0 Å². The van der Waals surface area contributed by atoms with Crippen LogP contribution >= 0.6 is 0 Å². The van der Waals surface area contributed by atoms with Crippen molar-refractivity contribution in [2.45, 2.75) is 19.8 Å². The molecule has 3 aliphatic rings. The predicted molar refractivity (Wildman–Crippen MR) is 89.0 cm³/mol. The monoisotopic (exact) mass is 330 g/mol. The van der Waals surface area contributed by atoms with E-state index < -0.39 is 0 Å². The fourth-order valence-corrected chi connectivity index (χ4v) is 3.51. The zero-order valence-corrected chi connectivity index (χ0v) is 13.9. The first-order chi connectivity index (χ1) is 11.7. The van der Waals surface area contributed by atoms with Crippen LogP contribution in [-0.4, -0.2) is 55.5 Å². The number of ether oxygens (including phenoxy) is 3. The zero-order chi connectivity index (χ0) is 16.5. The highest BCUT2D eigenvalue weighted by Gasteiger charge is 2.25. The van der Waals surface area contributed by atoms with Gasteiger partial charge in [-0.3, -0.25) is 0 Å². The molecule has 0 aromatic heterocycles. The molecule has 2 aliphatic heterocycles. The summed E-state index contributed by atoms with van der Waals surface area (Å²) in [7, 11) is 0. The van der Waals surface area contributed by atoms with Gasteiger partial charge in [-0.25, -0.2) is 4.79 Å². The molecule has 1 aromatic rings. The lowest BCUT2D eigenvalue weighted by atomic mass is 9.94. The molecule has 0 bridgehead atoms. The number of carbonyl (C=O) groups is 1. The van der Waals surface area contributed by atoms with E-state index in [1.54, 1.807) is 4.90 Å². The van der Waals surface area contributed by atoms with Crippen LogP contribution in [0.3, 0.4) is 0 Å². The van der Waals surface area contributed by atoms with Crippen molar-refractivity contribution in [1.29, 1.82) is 0 Å². The molecule has 6 heteroatoms. The Morgan fingerprint density at radius 3 is 2.62 bits per heavy atom. The smallest absolute Gasteiger partial charge is 0.409 e. The molecular formula is C18H22N2O4. The molecule has 1 aliphatic carbocycles. The summed E-state index contributed by atoms with van der Waals surface area (Å²) in [5.74, 6) is 1.69. The summed E-state index contributed by atoms with van der Waals surface area (Å²) in [4.78, 5) is 16.0. The molecule has 0 unspecified atom stereocenters. The zero-order valence-electron chi connectivity index (χ0n) is 13.9. The van der Waals surface area contributed by atoms with Crippen LogP contribution in [-0.2, 0) is 11.2 Å². The Hall–Kier alpha value is -2.37. The van der Waals surface area contributed by atoms with Crippen molar-refractivity contribution in [1.82, 2.24) is 9.80 Å². The molecule has 0 spiro atoms. The maximum Gasteiger partial charge on any atom is 0.409 e. The molecule has 2 heterocycles. The third kappa shape index (κ3) is 2.77. The van der Waals surface area contributed by atoms with E-state index >= 15 is 0 Å². The minimum Gasteiger partial charge on any atom is -0.454 e. The normalized spacial score (nSPS) is 19.0. The Morgan fingerprint density at radius 2 is 1.88 bits per heavy atom. The van der Waals surface area contributed by atoms with E-state index in [1.807, 2.05) is 6.92 Å². The van der Waals surface area contributed by atoms with Gasteiger partial charge in [0.2, 0.25) is 6.79 Å². The first kappa shape index (κ1) is 15.2. The topological polar surface area (TPSA) is 51.2 Å². The van der Waals surface area contributed by atoms with Crippen LogP contribution in [0.1, 0.15) is 24.5 Å². The summed E-state index contributed by atoms with van der Waals surface area (Å²) in [6, 6.07) is 4.18. The van der Waals surface area contributed by atoms with Gasteiger partial charge in [-0.1, -0.05) is 0 Å². The third-order valence-corrected chi connectivity index (χ3v) is 4.82. The van der Waals surface area contributed by atoms with E-state index in [0.29, 0.717) is 26.5 Å². The van der Waals surface area contributed by atoms with Crippen LogP contribution in [0.4, 0.5) is 4.79 Å². The van der Waals surface area contributed by atoms with E-state index in [2.05, 4.69) is 23.1 Å². The van der Waals surface area contributed by atoms with Crippen LogP contribution in [0.15, 0.2) is 17.8 Å². The number of amides is 1. The molecule has 0 radical (unpaired) electrons. The lowest BCUT2D eigenvalue weighted by Gasteiger charge is -2.37.